The van der Waals surface area contributed by atoms with Crippen LogP contribution >= 0.6 is 0 Å². The van der Waals surface area contributed by atoms with Crippen molar-refractivity contribution in [3.8, 4) is 22.6 Å². The van der Waals surface area contributed by atoms with Gasteiger partial charge in [-0.05, 0) is 153 Å². The SMILES string of the molecule is COc1ccc(CC(=O)N(CC23CC4CC(CC(C4)C2)C3)CC2(O)CCC3C45C=CC6(C=C4C(=O)c4ccc(-c7ccccc7)cc4)CC(O)CCC6(C)C5CCC32C)cc1OC. The molecule has 0 aliphatic heterocycles. The number of ether oxygens (including phenoxy) is 2. The average Bonchev–Trinajstić information content (AvgIpc) is 3.55. The van der Waals surface area contributed by atoms with Gasteiger partial charge in [0.1, 0.15) is 0 Å². The van der Waals surface area contributed by atoms with Crippen LogP contribution in [0.15, 0.2) is 96.6 Å². The molecule has 3 aromatic carbocycles. The number of ketones is 1. The van der Waals surface area contributed by atoms with Gasteiger partial charge in [0.15, 0.2) is 17.3 Å². The molecule has 7 fully saturated rings. The Bertz CT molecular complexity index is 2330. The molecule has 63 heavy (non-hydrogen) atoms. The number of carbonyl (C=O) groups is 2. The highest BCUT2D eigenvalue weighted by Gasteiger charge is 2.74. The Labute approximate surface area is 374 Å². The second-order valence-corrected chi connectivity index (χ2v) is 22.6. The van der Waals surface area contributed by atoms with Gasteiger partial charge in [-0.3, -0.25) is 9.59 Å². The van der Waals surface area contributed by atoms with E-state index in [1.54, 1.807) is 14.2 Å². The van der Waals surface area contributed by atoms with E-state index in [1.807, 2.05) is 48.5 Å². The number of Topliss-reactive ketones (excluding diaryl/α,β-unsaturated/α-hetero) is 1. The third-order valence-electron chi connectivity index (χ3n) is 19.5. The fourth-order valence-electron chi connectivity index (χ4n) is 16.9. The fourth-order valence-corrected chi connectivity index (χ4v) is 16.9. The molecule has 8 unspecified atom stereocenters. The zero-order valence-corrected chi connectivity index (χ0v) is 37.9. The lowest BCUT2D eigenvalue weighted by molar-refractivity contribution is -0.181. The molecule has 7 heteroatoms. The molecule has 7 nitrogen and oxygen atoms in total. The summed E-state index contributed by atoms with van der Waals surface area (Å²) < 4.78 is 11.2. The number of aliphatic hydroxyl groups excluding tert-OH is 1. The van der Waals surface area contributed by atoms with Crippen LogP contribution in [0.3, 0.4) is 0 Å². The Kier molecular flexibility index (Phi) is 9.65. The van der Waals surface area contributed by atoms with Gasteiger partial charge in [0, 0.05) is 40.5 Å². The van der Waals surface area contributed by atoms with Crippen LogP contribution < -0.4 is 9.47 Å². The first-order valence-electron chi connectivity index (χ1n) is 24.3. The van der Waals surface area contributed by atoms with Crippen molar-refractivity contribution in [3.63, 3.8) is 0 Å². The standard InChI is InChI=1S/C56H67NO6/c1-51-19-16-43(58)32-54(51)22-23-56(44(33-54)50(60)42-13-11-41(12-14-42)40-8-6-5-7-9-40)47(51)17-20-52(2)48(56)18-21-55(52,61)35-57(34-53-29-37-24-38(30-53)26-39(25-37)31-53)49(59)28-36-10-15-45(62-3)46(27-36)63-4/h5-15,22-23,27,33,37-39,43,47-48,58,61H,16-21,24-26,28-32,34-35H2,1-4H3. The number of fused-ring (bicyclic) bond motifs is 1. The minimum absolute atomic E-state index is 0.00752. The van der Waals surface area contributed by atoms with Crippen LogP contribution in [0, 0.1) is 56.7 Å². The maximum absolute atomic E-state index is 15.4. The number of hydrogen-bond acceptors (Lipinski definition) is 6. The Balaban J connectivity index is 0.958. The van der Waals surface area contributed by atoms with Crippen molar-refractivity contribution in [1.82, 2.24) is 4.90 Å². The van der Waals surface area contributed by atoms with Gasteiger partial charge in [-0.25, -0.2) is 0 Å². The summed E-state index contributed by atoms with van der Waals surface area (Å²) in [5.74, 6) is 3.84. The Morgan fingerprint density at radius 1 is 0.714 bits per heavy atom. The third-order valence-corrected chi connectivity index (χ3v) is 19.5. The van der Waals surface area contributed by atoms with E-state index < -0.39 is 27.9 Å². The molecule has 8 atom stereocenters. The Morgan fingerprint density at radius 2 is 1.35 bits per heavy atom. The van der Waals surface area contributed by atoms with Crippen LogP contribution in [0.25, 0.3) is 11.1 Å². The number of hydrogen-bond donors (Lipinski definition) is 2. The maximum Gasteiger partial charge on any atom is 0.227 e. The van der Waals surface area contributed by atoms with E-state index in [9.17, 15) is 10.2 Å². The molecule has 0 saturated heterocycles. The van der Waals surface area contributed by atoms with Crippen LogP contribution in [0.4, 0.5) is 0 Å². The molecule has 0 heterocycles. The lowest BCUT2D eigenvalue weighted by Crippen LogP contribution is -2.67. The molecule has 1 amide bonds. The maximum atomic E-state index is 15.4. The topological polar surface area (TPSA) is 96.3 Å². The number of amides is 1. The molecule has 0 aromatic heterocycles. The minimum Gasteiger partial charge on any atom is -0.493 e. The molecule has 2 N–H and O–H groups in total. The van der Waals surface area contributed by atoms with E-state index in [0.717, 1.165) is 72.1 Å². The van der Waals surface area contributed by atoms with Crippen molar-refractivity contribution in [2.45, 2.75) is 115 Å². The van der Waals surface area contributed by atoms with Crippen molar-refractivity contribution in [3.05, 3.63) is 108 Å². The normalized spacial score (nSPS) is 40.1. The van der Waals surface area contributed by atoms with E-state index in [-0.39, 0.29) is 40.8 Å². The molecular weight excluding hydrogens is 783 g/mol. The molecule has 13 rings (SSSR count). The van der Waals surface area contributed by atoms with Crippen molar-refractivity contribution in [1.29, 1.82) is 0 Å². The summed E-state index contributed by atoms with van der Waals surface area (Å²) in [6.45, 7) is 5.76. The van der Waals surface area contributed by atoms with Crippen molar-refractivity contribution in [2.75, 3.05) is 27.3 Å². The number of nitrogens with zero attached hydrogens (tertiary/aromatic N) is 1. The number of allylic oxidation sites excluding steroid dienone is 4. The molecule has 10 aliphatic carbocycles. The number of methoxy groups -OCH3 is 2. The number of benzene rings is 3. The monoisotopic (exact) mass is 849 g/mol. The minimum atomic E-state index is -1.14. The van der Waals surface area contributed by atoms with E-state index in [0.29, 0.717) is 43.0 Å². The lowest BCUT2D eigenvalue weighted by atomic mass is 9.32. The number of rotatable bonds is 11. The second kappa shape index (κ2) is 14.7. The molecule has 2 spiro atoms. The third kappa shape index (κ3) is 6.17. The van der Waals surface area contributed by atoms with Gasteiger partial charge in [0.05, 0.1) is 32.3 Å². The molecule has 3 aromatic rings. The van der Waals surface area contributed by atoms with Gasteiger partial charge in [0.2, 0.25) is 5.91 Å². The summed E-state index contributed by atoms with van der Waals surface area (Å²) in [6, 6.07) is 24.2. The number of aliphatic hydroxyl groups is 2. The summed E-state index contributed by atoms with van der Waals surface area (Å²) in [4.78, 5) is 32.5. The Morgan fingerprint density at radius 3 is 2.03 bits per heavy atom. The predicted molar refractivity (Wildman–Crippen MR) is 245 cm³/mol. The van der Waals surface area contributed by atoms with Crippen molar-refractivity contribution >= 4 is 11.7 Å². The zero-order chi connectivity index (χ0) is 43.6. The van der Waals surface area contributed by atoms with E-state index in [2.05, 4.69) is 61.2 Å². The summed E-state index contributed by atoms with van der Waals surface area (Å²) in [7, 11) is 3.26. The Hall–Kier alpha value is -4.20. The van der Waals surface area contributed by atoms with E-state index in [1.165, 1.54) is 38.5 Å². The van der Waals surface area contributed by atoms with Crippen LogP contribution in [0.5, 0.6) is 11.5 Å². The van der Waals surface area contributed by atoms with Gasteiger partial charge >= 0.3 is 0 Å². The van der Waals surface area contributed by atoms with E-state index in [4.69, 9.17) is 9.47 Å². The van der Waals surface area contributed by atoms with Crippen LogP contribution in [-0.4, -0.2) is 65.8 Å². The second-order valence-electron chi connectivity index (χ2n) is 22.6. The summed E-state index contributed by atoms with van der Waals surface area (Å²) in [5.41, 5.74) is 1.95. The van der Waals surface area contributed by atoms with Crippen LogP contribution in [0.1, 0.15) is 113 Å². The lowest BCUT2D eigenvalue weighted by Gasteiger charge is -2.71. The van der Waals surface area contributed by atoms with Crippen LogP contribution in [-0.2, 0) is 11.2 Å². The first-order chi connectivity index (χ1) is 30.2. The predicted octanol–water partition coefficient (Wildman–Crippen LogP) is 10.4. The smallest absolute Gasteiger partial charge is 0.227 e. The summed E-state index contributed by atoms with van der Waals surface area (Å²) >= 11 is 0. The molecule has 0 radical (unpaired) electrons. The zero-order valence-electron chi connectivity index (χ0n) is 37.9. The summed E-state index contributed by atoms with van der Waals surface area (Å²) in [5, 5.41) is 24.9. The van der Waals surface area contributed by atoms with Gasteiger partial charge in [-0.1, -0.05) is 92.7 Å². The molecule has 6 bridgehead atoms. The van der Waals surface area contributed by atoms with Gasteiger partial charge in [0.25, 0.3) is 0 Å². The van der Waals surface area contributed by atoms with Gasteiger partial charge in [-0.2, -0.15) is 0 Å². The number of carbonyl (C=O) groups excluding carboxylic acids is 2. The molecule has 332 valence electrons. The first-order valence-corrected chi connectivity index (χ1v) is 24.3. The first kappa shape index (κ1) is 41.5. The highest BCUT2D eigenvalue weighted by molar-refractivity contribution is 6.10. The summed E-state index contributed by atoms with van der Waals surface area (Å²) in [6.07, 6.45) is 19.9. The fraction of sp³-hybridized carbons (Fsp3) is 0.571. The quantitative estimate of drug-likeness (QED) is 0.147. The average molecular weight is 850 g/mol. The highest BCUT2D eigenvalue weighted by atomic mass is 16.5. The molecule has 10 aliphatic rings. The van der Waals surface area contributed by atoms with Crippen LogP contribution in [0.2, 0.25) is 0 Å². The van der Waals surface area contributed by atoms with Crippen molar-refractivity contribution < 1.29 is 29.3 Å². The highest BCUT2D eigenvalue weighted by Crippen LogP contribution is 2.78. The largest absolute Gasteiger partial charge is 0.493 e. The molecule has 7 saturated carbocycles. The molecular formula is C56H67NO6. The van der Waals surface area contributed by atoms with Gasteiger partial charge < -0.3 is 24.6 Å². The van der Waals surface area contributed by atoms with Crippen molar-refractivity contribution in [2.24, 2.45) is 56.7 Å². The van der Waals surface area contributed by atoms with Gasteiger partial charge in [-0.15, -0.1) is 0 Å². The van der Waals surface area contributed by atoms with E-state index >= 15 is 9.59 Å².